The van der Waals surface area contributed by atoms with E-state index in [2.05, 4.69) is 0 Å². The Bertz CT molecular complexity index is 301. The minimum absolute atomic E-state index is 0.0311. The molecular formula is C6H4AsF2O2. The molecule has 1 N–H and O–H groups in total. The summed E-state index contributed by atoms with van der Waals surface area (Å²) in [7, 11) is 0. The summed E-state index contributed by atoms with van der Waals surface area (Å²) < 4.78 is 43.5. The molecule has 0 saturated heterocycles. The zero-order valence-corrected chi connectivity index (χ0v) is 7.17. The van der Waals surface area contributed by atoms with Gasteiger partial charge in [0.2, 0.25) is 0 Å². The summed E-state index contributed by atoms with van der Waals surface area (Å²) in [6.07, 6.45) is 0. The molecule has 1 unspecified atom stereocenters. The molecule has 0 amide bonds. The van der Waals surface area contributed by atoms with E-state index < -0.39 is 26.6 Å². The molecular weight excluding hydrogens is 217 g/mol. The van der Waals surface area contributed by atoms with Crippen LogP contribution in [0.5, 0.6) is 0 Å². The second-order valence-electron chi connectivity index (χ2n) is 1.87. The summed E-state index contributed by atoms with van der Waals surface area (Å²) in [6.45, 7) is 0. The second kappa shape index (κ2) is 3.20. The average molecular weight is 221 g/mol. The van der Waals surface area contributed by atoms with Crippen molar-refractivity contribution in [2.75, 3.05) is 0 Å². The topological polar surface area (TPSA) is 37.3 Å². The summed E-state index contributed by atoms with van der Waals surface area (Å²) in [4.78, 5) is 0. The number of benzene rings is 1. The van der Waals surface area contributed by atoms with Crippen molar-refractivity contribution in [3.8, 4) is 0 Å². The summed E-state index contributed by atoms with van der Waals surface area (Å²) in [5, 5.41) is 0. The molecule has 1 aromatic rings. The molecule has 0 heterocycles. The van der Waals surface area contributed by atoms with Crippen LogP contribution in [0.15, 0.2) is 18.2 Å². The Kier molecular flexibility index (Phi) is 2.47. The van der Waals surface area contributed by atoms with Gasteiger partial charge in [0.15, 0.2) is 0 Å². The molecule has 0 aromatic heterocycles. The van der Waals surface area contributed by atoms with Crippen molar-refractivity contribution in [2.24, 2.45) is 0 Å². The predicted molar refractivity (Wildman–Crippen MR) is 34.7 cm³/mol. The van der Waals surface area contributed by atoms with Crippen molar-refractivity contribution < 1.29 is 16.6 Å². The van der Waals surface area contributed by atoms with Crippen molar-refractivity contribution in [1.82, 2.24) is 0 Å². The SMILES string of the molecule is O=[As](O)c1ccc(F)c(F)c1. The van der Waals surface area contributed by atoms with Crippen LogP contribution in [0.1, 0.15) is 0 Å². The molecule has 0 aliphatic heterocycles. The van der Waals surface area contributed by atoms with E-state index in [1.165, 1.54) is 0 Å². The maximum atomic E-state index is 12.3. The summed E-state index contributed by atoms with van der Waals surface area (Å²) >= 11 is -3.30. The third kappa shape index (κ3) is 1.91. The van der Waals surface area contributed by atoms with Crippen molar-refractivity contribution in [3.63, 3.8) is 0 Å². The standard InChI is InChI=1S/C6H4AsF2O2/c8-5-2-1-4(7(10)11)3-6(5)9/h1-3H,(H,10,11). The molecule has 2 nitrogen and oxygen atoms in total. The number of hydrogen-bond acceptors (Lipinski definition) is 1. The Balaban J connectivity index is 3.15. The molecule has 11 heavy (non-hydrogen) atoms. The Labute approximate surface area is 66.3 Å². The van der Waals surface area contributed by atoms with Gasteiger partial charge >= 0.3 is 65.7 Å². The van der Waals surface area contributed by atoms with Gasteiger partial charge in [-0.25, -0.2) is 0 Å². The molecule has 1 atom stereocenters. The molecule has 1 rings (SSSR count). The average Bonchev–Trinajstić information content (AvgIpc) is 1.94. The molecule has 59 valence electrons. The molecule has 1 aromatic carbocycles. The summed E-state index contributed by atoms with van der Waals surface area (Å²) in [5.41, 5.74) is 0. The summed E-state index contributed by atoms with van der Waals surface area (Å²) in [5.74, 6) is -2.10. The zero-order chi connectivity index (χ0) is 8.43. The first-order valence-electron chi connectivity index (χ1n) is 2.72. The van der Waals surface area contributed by atoms with Crippen LogP contribution in [0.4, 0.5) is 8.78 Å². The monoisotopic (exact) mass is 221 g/mol. The van der Waals surface area contributed by atoms with E-state index in [1.807, 2.05) is 0 Å². The van der Waals surface area contributed by atoms with Crippen LogP contribution < -0.4 is 4.35 Å². The maximum absolute atomic E-state index is 12.3. The van der Waals surface area contributed by atoms with Gasteiger partial charge in [0.25, 0.3) is 0 Å². The number of halogens is 2. The molecule has 0 bridgehead atoms. The quantitative estimate of drug-likeness (QED) is 0.682. The molecule has 0 fully saturated rings. The van der Waals surface area contributed by atoms with E-state index in [9.17, 15) is 12.5 Å². The summed E-state index contributed by atoms with van der Waals surface area (Å²) in [6, 6.07) is 2.67. The van der Waals surface area contributed by atoms with Crippen molar-refractivity contribution in [2.45, 2.75) is 0 Å². The van der Waals surface area contributed by atoms with Gasteiger partial charge in [-0.3, -0.25) is 0 Å². The van der Waals surface area contributed by atoms with Crippen molar-refractivity contribution in [1.29, 1.82) is 0 Å². The number of rotatable bonds is 1. The molecule has 5 heteroatoms. The van der Waals surface area contributed by atoms with E-state index >= 15 is 0 Å². The van der Waals surface area contributed by atoms with Gasteiger partial charge in [-0.1, -0.05) is 0 Å². The van der Waals surface area contributed by atoms with Crippen LogP contribution in [0.25, 0.3) is 0 Å². The fraction of sp³-hybridized carbons (Fsp3) is 0. The third-order valence-corrected chi connectivity index (χ3v) is 2.63. The van der Waals surface area contributed by atoms with Crippen molar-refractivity contribution in [3.05, 3.63) is 29.8 Å². The van der Waals surface area contributed by atoms with Crippen molar-refractivity contribution >= 4 is 19.3 Å². The predicted octanol–water partition coefficient (Wildman–Crippen LogP) is 0.0828. The molecule has 1 radical (unpaired) electrons. The Hall–Kier alpha value is -0.602. The van der Waals surface area contributed by atoms with Crippen LogP contribution in [-0.2, 0) is 3.74 Å². The van der Waals surface area contributed by atoms with Gasteiger partial charge in [-0.05, 0) is 0 Å². The first-order valence-corrected chi connectivity index (χ1v) is 5.27. The fourth-order valence-corrected chi connectivity index (χ4v) is 1.50. The minimum atomic E-state index is -3.30. The fourth-order valence-electron chi connectivity index (χ4n) is 0.604. The normalized spacial score (nSPS) is 11.4. The van der Waals surface area contributed by atoms with E-state index in [0.29, 0.717) is 0 Å². The van der Waals surface area contributed by atoms with Crippen LogP contribution in [-0.4, -0.2) is 19.0 Å². The van der Waals surface area contributed by atoms with Crippen LogP contribution in [0, 0.1) is 11.6 Å². The van der Waals surface area contributed by atoms with E-state index in [-0.39, 0.29) is 4.35 Å². The van der Waals surface area contributed by atoms with Gasteiger partial charge in [-0.2, -0.15) is 0 Å². The van der Waals surface area contributed by atoms with Crippen LogP contribution in [0.2, 0.25) is 0 Å². The Morgan fingerprint density at radius 3 is 2.36 bits per heavy atom. The molecule has 0 spiro atoms. The first-order chi connectivity index (χ1) is 5.11. The van der Waals surface area contributed by atoms with Gasteiger partial charge in [0.1, 0.15) is 0 Å². The number of hydrogen-bond donors (Lipinski definition) is 1. The van der Waals surface area contributed by atoms with E-state index in [0.717, 1.165) is 18.2 Å². The van der Waals surface area contributed by atoms with Crippen LogP contribution in [0.3, 0.4) is 0 Å². The Morgan fingerprint density at radius 2 is 1.91 bits per heavy atom. The second-order valence-corrected chi connectivity index (χ2v) is 4.10. The van der Waals surface area contributed by atoms with E-state index in [1.54, 1.807) is 0 Å². The molecule has 0 aliphatic carbocycles. The van der Waals surface area contributed by atoms with Gasteiger partial charge in [-0.15, -0.1) is 0 Å². The van der Waals surface area contributed by atoms with Gasteiger partial charge in [0.05, 0.1) is 0 Å². The molecule has 0 saturated carbocycles. The van der Waals surface area contributed by atoms with Gasteiger partial charge < -0.3 is 0 Å². The first kappa shape index (κ1) is 8.49. The van der Waals surface area contributed by atoms with Gasteiger partial charge in [0, 0.05) is 0 Å². The van der Waals surface area contributed by atoms with Crippen LogP contribution >= 0.6 is 0 Å². The Morgan fingerprint density at radius 1 is 1.27 bits per heavy atom. The zero-order valence-electron chi connectivity index (χ0n) is 5.29. The van der Waals surface area contributed by atoms with E-state index in [4.69, 9.17) is 4.10 Å². The third-order valence-electron chi connectivity index (χ3n) is 1.12. The molecule has 0 aliphatic rings.